The van der Waals surface area contributed by atoms with E-state index in [-0.39, 0.29) is 0 Å². The van der Waals surface area contributed by atoms with Crippen LogP contribution in [0.5, 0.6) is 0 Å². The van der Waals surface area contributed by atoms with Crippen LogP contribution in [-0.4, -0.2) is 4.98 Å². The van der Waals surface area contributed by atoms with E-state index in [9.17, 15) is 13.2 Å². The van der Waals surface area contributed by atoms with Gasteiger partial charge in [-0.2, -0.15) is 18.4 Å². The van der Waals surface area contributed by atoms with Gasteiger partial charge in [0.1, 0.15) is 0 Å². The summed E-state index contributed by atoms with van der Waals surface area (Å²) in [5.41, 5.74) is 1.99. The van der Waals surface area contributed by atoms with Crippen LogP contribution < -0.4 is 0 Å². The average Bonchev–Trinajstić information content (AvgIpc) is 3.03. The van der Waals surface area contributed by atoms with Gasteiger partial charge in [-0.3, -0.25) is 0 Å². The fourth-order valence-electron chi connectivity index (χ4n) is 2.30. The van der Waals surface area contributed by atoms with Gasteiger partial charge in [-0.05, 0) is 23.8 Å². The van der Waals surface area contributed by atoms with Crippen molar-refractivity contribution >= 4 is 11.3 Å². The molecule has 0 bridgehead atoms. The van der Waals surface area contributed by atoms with Gasteiger partial charge in [-0.1, -0.05) is 30.3 Å². The summed E-state index contributed by atoms with van der Waals surface area (Å²) in [6, 6.07) is 14.4. The van der Waals surface area contributed by atoms with Gasteiger partial charge in [0, 0.05) is 17.4 Å². The Balaban J connectivity index is 1.83. The number of alkyl halides is 3. The van der Waals surface area contributed by atoms with Crippen LogP contribution in [0.3, 0.4) is 0 Å². The third kappa shape index (κ3) is 3.63. The smallest absolute Gasteiger partial charge is 0.241 e. The number of thiazole rings is 1. The fourth-order valence-corrected chi connectivity index (χ4v) is 3.14. The summed E-state index contributed by atoms with van der Waals surface area (Å²) in [5, 5.41) is 11.5. The minimum Gasteiger partial charge on any atom is -0.241 e. The number of benzene rings is 2. The van der Waals surface area contributed by atoms with Crippen molar-refractivity contribution in [3.63, 3.8) is 0 Å². The molecule has 2 nitrogen and oxygen atoms in total. The summed E-state index contributed by atoms with van der Waals surface area (Å²) in [4.78, 5) is 4.47. The van der Waals surface area contributed by atoms with E-state index in [2.05, 4.69) is 11.1 Å². The van der Waals surface area contributed by atoms with Gasteiger partial charge in [-0.15, -0.1) is 11.3 Å². The first-order chi connectivity index (χ1) is 11.5. The summed E-state index contributed by atoms with van der Waals surface area (Å²) in [6.45, 7) is 0. The molecular weight excluding hydrogens is 333 g/mol. The molecule has 0 atom stereocenters. The third-order valence-electron chi connectivity index (χ3n) is 3.45. The molecule has 3 rings (SSSR count). The first kappa shape index (κ1) is 16.2. The van der Waals surface area contributed by atoms with Crippen molar-refractivity contribution in [1.29, 1.82) is 5.26 Å². The van der Waals surface area contributed by atoms with E-state index in [0.717, 1.165) is 28.4 Å². The number of halogens is 3. The summed E-state index contributed by atoms with van der Waals surface area (Å²) >= 11 is 1.39. The van der Waals surface area contributed by atoms with Crippen LogP contribution in [0.25, 0.3) is 11.3 Å². The van der Waals surface area contributed by atoms with Crippen molar-refractivity contribution in [3.8, 4) is 17.3 Å². The molecule has 0 N–H and O–H groups in total. The Kier molecular flexibility index (Phi) is 4.36. The Morgan fingerprint density at radius 2 is 1.88 bits per heavy atom. The average molecular weight is 344 g/mol. The number of aromatic nitrogens is 1. The zero-order chi connectivity index (χ0) is 17.2. The second-order valence-corrected chi connectivity index (χ2v) is 6.14. The van der Waals surface area contributed by atoms with Crippen molar-refractivity contribution < 1.29 is 13.2 Å². The molecule has 0 saturated heterocycles. The number of rotatable bonds is 3. The van der Waals surface area contributed by atoms with Crippen molar-refractivity contribution in [1.82, 2.24) is 4.98 Å². The third-order valence-corrected chi connectivity index (χ3v) is 4.30. The van der Waals surface area contributed by atoms with Gasteiger partial charge < -0.3 is 0 Å². The molecule has 0 fully saturated rings. The number of hydrogen-bond donors (Lipinski definition) is 0. The molecule has 1 aromatic heterocycles. The fraction of sp³-hybridized carbons (Fsp3) is 0.111. The van der Waals surface area contributed by atoms with Gasteiger partial charge in [0.2, 0.25) is 0 Å². The van der Waals surface area contributed by atoms with Crippen molar-refractivity contribution in [2.24, 2.45) is 0 Å². The number of nitriles is 1. The molecular formula is C18H11F3N2S. The van der Waals surface area contributed by atoms with E-state index < -0.39 is 11.7 Å². The quantitative estimate of drug-likeness (QED) is 0.647. The molecule has 0 aliphatic rings. The lowest BCUT2D eigenvalue weighted by Gasteiger charge is -2.07. The van der Waals surface area contributed by atoms with Gasteiger partial charge in [-0.25, -0.2) is 4.98 Å². The Hall–Kier alpha value is -2.65. The van der Waals surface area contributed by atoms with Crippen LogP contribution in [0.2, 0.25) is 0 Å². The van der Waals surface area contributed by atoms with E-state index >= 15 is 0 Å². The number of nitrogens with zero attached hydrogens (tertiary/aromatic N) is 2. The monoisotopic (exact) mass is 344 g/mol. The summed E-state index contributed by atoms with van der Waals surface area (Å²) in [5.74, 6) is 0. The van der Waals surface area contributed by atoms with Crippen molar-refractivity contribution in [3.05, 3.63) is 75.6 Å². The van der Waals surface area contributed by atoms with Gasteiger partial charge in [0.25, 0.3) is 0 Å². The minimum absolute atomic E-state index is 0.340. The lowest BCUT2D eigenvalue weighted by atomic mass is 10.1. The van der Waals surface area contributed by atoms with Gasteiger partial charge in [0.05, 0.1) is 27.9 Å². The lowest BCUT2D eigenvalue weighted by Crippen LogP contribution is -2.05. The molecule has 0 aliphatic heterocycles. The molecule has 24 heavy (non-hydrogen) atoms. The van der Waals surface area contributed by atoms with Crippen LogP contribution in [0.15, 0.2) is 53.9 Å². The predicted octanol–water partition coefficient (Wildman–Crippen LogP) is 5.29. The van der Waals surface area contributed by atoms with Crippen LogP contribution in [-0.2, 0) is 12.6 Å². The topological polar surface area (TPSA) is 36.7 Å². The lowest BCUT2D eigenvalue weighted by molar-refractivity contribution is -0.137. The normalized spacial score (nSPS) is 11.2. The van der Waals surface area contributed by atoms with E-state index in [1.807, 2.05) is 11.4 Å². The molecule has 0 saturated carbocycles. The zero-order valence-corrected chi connectivity index (χ0v) is 13.2. The predicted molar refractivity (Wildman–Crippen MR) is 86.5 cm³/mol. The Bertz CT molecular complexity index is 907. The van der Waals surface area contributed by atoms with Crippen LogP contribution in [0, 0.1) is 11.3 Å². The maximum absolute atomic E-state index is 12.8. The maximum atomic E-state index is 12.8. The molecule has 120 valence electrons. The highest BCUT2D eigenvalue weighted by atomic mass is 32.1. The summed E-state index contributed by atoms with van der Waals surface area (Å²) in [7, 11) is 0. The van der Waals surface area contributed by atoms with E-state index in [4.69, 9.17) is 5.26 Å². The van der Waals surface area contributed by atoms with Crippen LogP contribution >= 0.6 is 11.3 Å². The largest absolute Gasteiger partial charge is 0.416 e. The molecule has 1 heterocycles. The van der Waals surface area contributed by atoms with Gasteiger partial charge in [0.15, 0.2) is 0 Å². The van der Waals surface area contributed by atoms with Crippen LogP contribution in [0.1, 0.15) is 21.7 Å². The number of hydrogen-bond acceptors (Lipinski definition) is 3. The SMILES string of the molecule is N#Cc1cccc(-c2csc(Cc3cccc(C(F)(F)F)c3)n2)c1. The van der Waals surface area contributed by atoms with Crippen molar-refractivity contribution in [2.45, 2.75) is 12.6 Å². The zero-order valence-electron chi connectivity index (χ0n) is 12.3. The Morgan fingerprint density at radius 1 is 1.08 bits per heavy atom. The second kappa shape index (κ2) is 6.46. The first-order valence-electron chi connectivity index (χ1n) is 7.07. The first-order valence-corrected chi connectivity index (χ1v) is 7.95. The molecule has 2 aromatic carbocycles. The highest BCUT2D eigenvalue weighted by Crippen LogP contribution is 2.30. The summed E-state index contributed by atoms with van der Waals surface area (Å²) < 4.78 is 38.3. The molecule has 0 spiro atoms. The Labute approximate surface area is 140 Å². The second-order valence-electron chi connectivity index (χ2n) is 5.19. The highest BCUT2D eigenvalue weighted by Gasteiger charge is 2.30. The van der Waals surface area contributed by atoms with Crippen LogP contribution in [0.4, 0.5) is 13.2 Å². The molecule has 6 heteroatoms. The maximum Gasteiger partial charge on any atom is 0.416 e. The standard InChI is InChI=1S/C18H11F3N2S/c19-18(20,21)15-6-2-3-12(8-15)9-17-23-16(11-24-17)14-5-1-4-13(7-14)10-22/h1-8,11H,9H2. The minimum atomic E-state index is -4.35. The molecule has 0 amide bonds. The highest BCUT2D eigenvalue weighted by molar-refractivity contribution is 7.10. The van der Waals surface area contributed by atoms with E-state index in [0.29, 0.717) is 17.5 Å². The molecule has 0 aliphatic carbocycles. The molecule has 0 radical (unpaired) electrons. The van der Waals surface area contributed by atoms with Crippen molar-refractivity contribution in [2.75, 3.05) is 0 Å². The molecule has 3 aromatic rings. The van der Waals surface area contributed by atoms with E-state index in [1.54, 1.807) is 24.3 Å². The Morgan fingerprint density at radius 3 is 2.62 bits per heavy atom. The van der Waals surface area contributed by atoms with Gasteiger partial charge >= 0.3 is 6.18 Å². The molecule has 0 unspecified atom stereocenters. The summed E-state index contributed by atoms with van der Waals surface area (Å²) in [6.07, 6.45) is -4.01. The van der Waals surface area contributed by atoms with E-state index in [1.165, 1.54) is 17.4 Å².